The molecule has 0 aliphatic carbocycles. The van der Waals surface area contributed by atoms with E-state index in [9.17, 15) is 4.39 Å². The lowest BCUT2D eigenvalue weighted by Crippen LogP contribution is -2.46. The second-order valence-electron chi connectivity index (χ2n) is 5.59. The minimum Gasteiger partial charge on any atom is -0.366 e. The van der Waals surface area contributed by atoms with Crippen LogP contribution in [0, 0.1) is 17.7 Å². The van der Waals surface area contributed by atoms with Crippen LogP contribution < -0.4 is 4.90 Å². The number of rotatable bonds is 2. The Morgan fingerprint density at radius 2 is 2.06 bits per heavy atom. The van der Waals surface area contributed by atoms with Gasteiger partial charge in [-0.25, -0.2) is 4.39 Å². The van der Waals surface area contributed by atoms with E-state index in [0.29, 0.717) is 29.4 Å². The van der Waals surface area contributed by atoms with Gasteiger partial charge in [-0.2, -0.15) is 0 Å². The van der Waals surface area contributed by atoms with Gasteiger partial charge < -0.3 is 4.90 Å². The standard InChI is InChI=1S/C15H21ClFN/c1-10-7-11(2)12(3)18(9-10)15-13(8-16)5-4-6-14(15)17/h4-6,10-12H,7-9H2,1-3H3. The molecule has 3 unspecified atom stereocenters. The number of hydrogen-bond acceptors (Lipinski definition) is 1. The van der Waals surface area contributed by atoms with Crippen LogP contribution in [0.5, 0.6) is 0 Å². The number of alkyl halides is 1. The van der Waals surface area contributed by atoms with Crippen molar-refractivity contribution in [2.24, 2.45) is 11.8 Å². The van der Waals surface area contributed by atoms with Crippen molar-refractivity contribution < 1.29 is 4.39 Å². The molecule has 1 aromatic carbocycles. The van der Waals surface area contributed by atoms with Gasteiger partial charge in [0, 0.05) is 18.5 Å². The van der Waals surface area contributed by atoms with E-state index in [2.05, 4.69) is 25.7 Å². The molecule has 0 amide bonds. The Morgan fingerprint density at radius 1 is 1.33 bits per heavy atom. The molecular weight excluding hydrogens is 249 g/mol. The van der Waals surface area contributed by atoms with Crippen molar-refractivity contribution in [3.8, 4) is 0 Å². The van der Waals surface area contributed by atoms with E-state index < -0.39 is 0 Å². The van der Waals surface area contributed by atoms with Crippen molar-refractivity contribution in [1.29, 1.82) is 0 Å². The minimum atomic E-state index is -0.152. The second-order valence-corrected chi connectivity index (χ2v) is 5.86. The van der Waals surface area contributed by atoms with E-state index in [-0.39, 0.29) is 5.82 Å². The maximum Gasteiger partial charge on any atom is 0.146 e. The molecule has 2 rings (SSSR count). The zero-order valence-corrected chi connectivity index (χ0v) is 12.0. The van der Waals surface area contributed by atoms with Crippen molar-refractivity contribution in [2.75, 3.05) is 11.4 Å². The highest BCUT2D eigenvalue weighted by Crippen LogP contribution is 2.35. The molecule has 1 heterocycles. The van der Waals surface area contributed by atoms with Crippen LogP contribution in [0.3, 0.4) is 0 Å². The summed E-state index contributed by atoms with van der Waals surface area (Å²) in [7, 11) is 0. The van der Waals surface area contributed by atoms with Crippen LogP contribution in [-0.2, 0) is 5.88 Å². The first-order valence-electron chi connectivity index (χ1n) is 6.64. The summed E-state index contributed by atoms with van der Waals surface area (Å²) in [6.45, 7) is 7.57. The first kappa shape index (κ1) is 13.7. The van der Waals surface area contributed by atoms with Crippen LogP contribution in [0.15, 0.2) is 18.2 Å². The van der Waals surface area contributed by atoms with Crippen LogP contribution >= 0.6 is 11.6 Å². The Kier molecular flexibility index (Phi) is 4.16. The minimum absolute atomic E-state index is 0.152. The van der Waals surface area contributed by atoms with Gasteiger partial charge >= 0.3 is 0 Å². The van der Waals surface area contributed by atoms with Crippen molar-refractivity contribution in [1.82, 2.24) is 0 Å². The molecule has 1 aliphatic heterocycles. The maximum atomic E-state index is 14.1. The fourth-order valence-corrected chi connectivity index (χ4v) is 3.22. The number of anilines is 1. The van der Waals surface area contributed by atoms with Crippen LogP contribution in [0.4, 0.5) is 10.1 Å². The smallest absolute Gasteiger partial charge is 0.146 e. The molecule has 0 bridgehead atoms. The predicted molar refractivity (Wildman–Crippen MR) is 75.7 cm³/mol. The molecule has 0 N–H and O–H groups in total. The summed E-state index contributed by atoms with van der Waals surface area (Å²) >= 11 is 5.95. The van der Waals surface area contributed by atoms with Crippen LogP contribution in [0.1, 0.15) is 32.8 Å². The monoisotopic (exact) mass is 269 g/mol. The summed E-state index contributed by atoms with van der Waals surface area (Å²) in [5, 5.41) is 0. The van der Waals surface area contributed by atoms with Gasteiger partial charge in [-0.1, -0.05) is 26.0 Å². The quantitative estimate of drug-likeness (QED) is 0.718. The summed E-state index contributed by atoms with van der Waals surface area (Å²) in [5.41, 5.74) is 1.60. The summed E-state index contributed by atoms with van der Waals surface area (Å²) in [4.78, 5) is 2.20. The maximum absolute atomic E-state index is 14.1. The Morgan fingerprint density at radius 3 is 2.72 bits per heavy atom. The number of halogens is 2. The highest BCUT2D eigenvalue weighted by Gasteiger charge is 2.31. The van der Waals surface area contributed by atoms with Gasteiger partial charge in [-0.3, -0.25) is 0 Å². The molecule has 1 nitrogen and oxygen atoms in total. The number of nitrogens with zero attached hydrogens (tertiary/aromatic N) is 1. The van der Waals surface area contributed by atoms with Crippen LogP contribution in [0.2, 0.25) is 0 Å². The predicted octanol–water partition coefficient (Wildman–Crippen LogP) is 4.44. The van der Waals surface area contributed by atoms with Gasteiger partial charge in [0.05, 0.1) is 5.69 Å². The Balaban J connectivity index is 2.40. The van der Waals surface area contributed by atoms with Crippen molar-refractivity contribution >= 4 is 17.3 Å². The highest BCUT2D eigenvalue weighted by atomic mass is 35.5. The molecule has 1 fully saturated rings. The lowest BCUT2D eigenvalue weighted by atomic mass is 9.85. The van der Waals surface area contributed by atoms with Crippen LogP contribution in [0.25, 0.3) is 0 Å². The molecule has 3 atom stereocenters. The lowest BCUT2D eigenvalue weighted by molar-refractivity contribution is 0.294. The zero-order chi connectivity index (χ0) is 13.3. The van der Waals surface area contributed by atoms with E-state index in [1.54, 1.807) is 6.07 Å². The molecular formula is C15H21ClFN. The molecule has 1 saturated heterocycles. The summed E-state index contributed by atoms with van der Waals surface area (Å²) < 4.78 is 14.1. The van der Waals surface area contributed by atoms with E-state index in [4.69, 9.17) is 11.6 Å². The van der Waals surface area contributed by atoms with Crippen molar-refractivity contribution in [3.63, 3.8) is 0 Å². The van der Waals surface area contributed by atoms with Gasteiger partial charge in [-0.05, 0) is 36.8 Å². The molecule has 0 saturated carbocycles. The fraction of sp³-hybridized carbons (Fsp3) is 0.600. The molecule has 3 heteroatoms. The second kappa shape index (κ2) is 5.48. The normalized spacial score (nSPS) is 28.5. The third-order valence-corrected chi connectivity index (χ3v) is 4.39. The Labute approximate surface area is 114 Å². The average molecular weight is 270 g/mol. The third kappa shape index (κ3) is 2.49. The number of benzene rings is 1. The molecule has 0 radical (unpaired) electrons. The van der Waals surface area contributed by atoms with E-state index >= 15 is 0 Å². The number of para-hydroxylation sites is 1. The third-order valence-electron chi connectivity index (χ3n) is 4.10. The summed E-state index contributed by atoms with van der Waals surface area (Å²) in [6.07, 6.45) is 1.21. The van der Waals surface area contributed by atoms with Gasteiger partial charge in [0.15, 0.2) is 0 Å². The van der Waals surface area contributed by atoms with E-state index in [0.717, 1.165) is 12.1 Å². The van der Waals surface area contributed by atoms with Gasteiger partial charge in [0.25, 0.3) is 0 Å². The Hall–Kier alpha value is -0.760. The average Bonchev–Trinajstić information content (AvgIpc) is 2.33. The summed E-state index contributed by atoms with van der Waals surface area (Å²) in [5.74, 6) is 1.39. The molecule has 0 spiro atoms. The van der Waals surface area contributed by atoms with Gasteiger partial charge in [-0.15, -0.1) is 11.6 Å². The van der Waals surface area contributed by atoms with E-state index in [1.807, 2.05) is 6.07 Å². The topological polar surface area (TPSA) is 3.24 Å². The first-order chi connectivity index (χ1) is 8.54. The van der Waals surface area contributed by atoms with Gasteiger partial charge in [0.2, 0.25) is 0 Å². The van der Waals surface area contributed by atoms with Crippen molar-refractivity contribution in [3.05, 3.63) is 29.6 Å². The van der Waals surface area contributed by atoms with Crippen LogP contribution in [-0.4, -0.2) is 12.6 Å². The Bertz CT molecular complexity index is 421. The summed E-state index contributed by atoms with van der Waals surface area (Å²) in [6, 6.07) is 5.54. The number of hydrogen-bond donors (Lipinski definition) is 0. The first-order valence-corrected chi connectivity index (χ1v) is 7.18. The fourth-order valence-electron chi connectivity index (χ4n) is 3.00. The molecule has 0 aromatic heterocycles. The highest BCUT2D eigenvalue weighted by molar-refractivity contribution is 6.17. The van der Waals surface area contributed by atoms with E-state index in [1.165, 1.54) is 12.5 Å². The zero-order valence-electron chi connectivity index (χ0n) is 11.3. The lowest BCUT2D eigenvalue weighted by Gasteiger charge is -2.43. The molecule has 1 aromatic rings. The van der Waals surface area contributed by atoms with Crippen molar-refractivity contribution in [2.45, 2.75) is 39.1 Å². The molecule has 18 heavy (non-hydrogen) atoms. The SMILES string of the molecule is CC1CC(C)C(C)N(c2c(F)cccc2CCl)C1. The largest absolute Gasteiger partial charge is 0.366 e. The number of piperidine rings is 1. The van der Waals surface area contributed by atoms with Gasteiger partial charge in [0.1, 0.15) is 5.82 Å². The molecule has 1 aliphatic rings. The molecule has 100 valence electrons.